The fraction of sp³-hybridized carbons (Fsp3) is 0.800. The molecule has 2 rings (SSSR count). The van der Waals surface area contributed by atoms with Crippen LogP contribution in [0.15, 0.2) is 0 Å². The van der Waals surface area contributed by atoms with Gasteiger partial charge in [0, 0.05) is 0 Å². The molecule has 1 aliphatic rings. The molecule has 2 heterocycles. The number of carbonyl (C=O) groups is 1. The van der Waals surface area contributed by atoms with E-state index in [9.17, 15) is 4.79 Å². The van der Waals surface area contributed by atoms with E-state index >= 15 is 0 Å². The van der Waals surface area contributed by atoms with Crippen molar-refractivity contribution in [2.24, 2.45) is 0 Å². The molecule has 0 radical (unpaired) electrons. The van der Waals surface area contributed by atoms with E-state index in [0.717, 1.165) is 19.3 Å². The first-order valence-corrected chi connectivity index (χ1v) is 6.18. The van der Waals surface area contributed by atoms with Gasteiger partial charge in [0.15, 0.2) is 0 Å². The van der Waals surface area contributed by atoms with E-state index < -0.39 is 0 Å². The number of nitrogens with zero attached hydrogens (tertiary/aromatic N) is 5. The van der Waals surface area contributed by atoms with Crippen LogP contribution in [0.1, 0.15) is 39.2 Å². The lowest BCUT2D eigenvalue weighted by molar-refractivity contribution is -0.104. The zero-order chi connectivity index (χ0) is 13.0. The van der Waals surface area contributed by atoms with Crippen molar-refractivity contribution in [3.63, 3.8) is 0 Å². The zero-order valence-corrected chi connectivity index (χ0v) is 10.7. The van der Waals surface area contributed by atoms with Crippen LogP contribution in [-0.4, -0.2) is 44.5 Å². The molecule has 8 nitrogen and oxygen atoms in total. The van der Waals surface area contributed by atoms with Crippen LogP contribution in [0.5, 0.6) is 0 Å². The van der Waals surface area contributed by atoms with Crippen LogP contribution in [-0.2, 0) is 4.84 Å². The van der Waals surface area contributed by atoms with Crippen LogP contribution in [0.2, 0.25) is 0 Å². The highest BCUT2D eigenvalue weighted by Crippen LogP contribution is 2.09. The molecule has 18 heavy (non-hydrogen) atoms. The Morgan fingerprint density at radius 3 is 2.94 bits per heavy atom. The Labute approximate surface area is 105 Å². The number of rotatable bonds is 2. The highest BCUT2D eigenvalue weighted by atomic mass is 16.7. The molecule has 1 N–H and O–H groups in total. The Morgan fingerprint density at radius 1 is 1.39 bits per heavy atom. The number of tetrazole rings is 1. The van der Waals surface area contributed by atoms with Gasteiger partial charge in [-0.2, -0.15) is 4.80 Å². The average molecular weight is 254 g/mol. The van der Waals surface area contributed by atoms with Gasteiger partial charge >= 0.3 is 6.03 Å². The summed E-state index contributed by atoms with van der Waals surface area (Å²) < 4.78 is 0. The number of hydrogen-bond acceptors (Lipinski definition) is 5. The predicted octanol–water partition coefficient (Wildman–Crippen LogP) is 1.20. The van der Waals surface area contributed by atoms with Gasteiger partial charge in [0.05, 0.1) is 19.2 Å². The van der Waals surface area contributed by atoms with Crippen LogP contribution in [0.25, 0.3) is 0 Å². The highest BCUT2D eigenvalue weighted by Gasteiger charge is 2.18. The number of urea groups is 1. The topological polar surface area (TPSA) is 85.2 Å². The van der Waals surface area contributed by atoms with E-state index in [1.54, 1.807) is 0 Å². The van der Waals surface area contributed by atoms with E-state index in [1.165, 1.54) is 9.86 Å². The summed E-state index contributed by atoms with van der Waals surface area (Å²) in [6.45, 7) is 5.03. The Kier molecular flexibility index (Phi) is 4.08. The fourth-order valence-electron chi connectivity index (χ4n) is 1.59. The standard InChI is InChI=1S/C10H18N6O2/c1-8(2)16-13-9(12-14-16)11-10(17)15-6-4-3-5-7-18-15/h8H,3-7H2,1-2H3,(H,11,13,17). The quantitative estimate of drug-likeness (QED) is 0.857. The van der Waals surface area contributed by atoms with E-state index in [2.05, 4.69) is 20.7 Å². The molecule has 0 saturated carbocycles. The summed E-state index contributed by atoms with van der Waals surface area (Å²) in [6, 6.07) is -0.238. The first-order valence-electron chi connectivity index (χ1n) is 6.18. The Morgan fingerprint density at radius 2 is 2.22 bits per heavy atom. The third kappa shape index (κ3) is 3.16. The molecule has 0 aliphatic carbocycles. The Hall–Kier alpha value is -1.70. The molecular weight excluding hydrogens is 236 g/mol. The van der Waals surface area contributed by atoms with Gasteiger partial charge in [0.1, 0.15) is 0 Å². The van der Waals surface area contributed by atoms with Gasteiger partial charge in [-0.05, 0) is 38.3 Å². The van der Waals surface area contributed by atoms with Gasteiger partial charge in [0.25, 0.3) is 5.95 Å². The second kappa shape index (κ2) is 5.76. The average Bonchev–Trinajstić information content (AvgIpc) is 2.64. The minimum atomic E-state index is -0.347. The number of nitrogens with one attached hydrogen (secondary N) is 1. The Balaban J connectivity index is 1.92. The number of carbonyl (C=O) groups excluding carboxylic acids is 1. The maximum atomic E-state index is 11.9. The molecule has 0 aromatic carbocycles. The van der Waals surface area contributed by atoms with E-state index in [-0.39, 0.29) is 18.0 Å². The van der Waals surface area contributed by atoms with Crippen molar-refractivity contribution < 1.29 is 9.63 Å². The first kappa shape index (κ1) is 12.7. The summed E-state index contributed by atoms with van der Waals surface area (Å²) in [5, 5.41) is 15.5. The minimum Gasteiger partial charge on any atom is -0.272 e. The van der Waals surface area contributed by atoms with Crippen molar-refractivity contribution >= 4 is 12.0 Å². The lowest BCUT2D eigenvalue weighted by Gasteiger charge is -2.18. The molecular formula is C10H18N6O2. The maximum Gasteiger partial charge on any atom is 0.348 e. The summed E-state index contributed by atoms with van der Waals surface area (Å²) in [5.74, 6) is 0.196. The normalized spacial score (nSPS) is 16.7. The maximum absolute atomic E-state index is 11.9. The summed E-state index contributed by atoms with van der Waals surface area (Å²) in [4.78, 5) is 18.6. The largest absolute Gasteiger partial charge is 0.348 e. The van der Waals surface area contributed by atoms with Crippen LogP contribution < -0.4 is 5.32 Å². The molecule has 0 unspecified atom stereocenters. The molecule has 0 bridgehead atoms. The minimum absolute atomic E-state index is 0.109. The van der Waals surface area contributed by atoms with Crippen LogP contribution >= 0.6 is 0 Å². The molecule has 1 saturated heterocycles. The fourth-order valence-corrected chi connectivity index (χ4v) is 1.59. The van der Waals surface area contributed by atoms with Gasteiger partial charge in [-0.1, -0.05) is 5.10 Å². The second-order valence-corrected chi connectivity index (χ2v) is 4.45. The first-order chi connectivity index (χ1) is 8.66. The number of hydroxylamine groups is 2. The number of anilines is 1. The van der Waals surface area contributed by atoms with E-state index in [0.29, 0.717) is 13.2 Å². The predicted molar refractivity (Wildman–Crippen MR) is 63.7 cm³/mol. The SMILES string of the molecule is CC(C)n1nnc(NC(=O)N2CCCCCO2)n1. The van der Waals surface area contributed by atoms with Crippen LogP contribution in [0.3, 0.4) is 0 Å². The summed E-state index contributed by atoms with van der Waals surface area (Å²) in [5.41, 5.74) is 0. The lowest BCUT2D eigenvalue weighted by Crippen LogP contribution is -2.35. The molecule has 1 aromatic rings. The second-order valence-electron chi connectivity index (χ2n) is 4.45. The van der Waals surface area contributed by atoms with E-state index in [1.807, 2.05) is 13.8 Å². The van der Waals surface area contributed by atoms with Crippen molar-refractivity contribution in [3.8, 4) is 0 Å². The van der Waals surface area contributed by atoms with Crippen molar-refractivity contribution in [2.45, 2.75) is 39.2 Å². The molecule has 0 atom stereocenters. The van der Waals surface area contributed by atoms with Crippen molar-refractivity contribution in [1.82, 2.24) is 25.3 Å². The van der Waals surface area contributed by atoms with E-state index in [4.69, 9.17) is 4.84 Å². The smallest absolute Gasteiger partial charge is 0.272 e. The van der Waals surface area contributed by atoms with Gasteiger partial charge < -0.3 is 0 Å². The monoisotopic (exact) mass is 254 g/mol. The van der Waals surface area contributed by atoms with Gasteiger partial charge in [0.2, 0.25) is 0 Å². The van der Waals surface area contributed by atoms with Crippen LogP contribution in [0, 0.1) is 0 Å². The molecule has 1 fully saturated rings. The molecule has 100 valence electrons. The molecule has 1 aliphatic heterocycles. The summed E-state index contributed by atoms with van der Waals surface area (Å²) in [6.07, 6.45) is 3.00. The number of aromatic nitrogens is 4. The van der Waals surface area contributed by atoms with Gasteiger partial charge in [-0.15, -0.1) is 5.10 Å². The lowest BCUT2D eigenvalue weighted by atomic mass is 10.2. The Bertz CT molecular complexity index is 397. The summed E-state index contributed by atoms with van der Waals surface area (Å²) in [7, 11) is 0. The van der Waals surface area contributed by atoms with Crippen molar-refractivity contribution in [2.75, 3.05) is 18.5 Å². The van der Waals surface area contributed by atoms with Gasteiger partial charge in [-0.25, -0.2) is 9.86 Å². The van der Waals surface area contributed by atoms with Crippen molar-refractivity contribution in [3.05, 3.63) is 0 Å². The van der Waals surface area contributed by atoms with Crippen molar-refractivity contribution in [1.29, 1.82) is 0 Å². The molecule has 0 spiro atoms. The number of amides is 2. The molecule has 1 aromatic heterocycles. The van der Waals surface area contributed by atoms with Gasteiger partial charge in [-0.3, -0.25) is 10.2 Å². The molecule has 2 amide bonds. The zero-order valence-electron chi connectivity index (χ0n) is 10.7. The third-order valence-electron chi connectivity index (χ3n) is 2.59. The number of hydrogen-bond donors (Lipinski definition) is 1. The van der Waals surface area contributed by atoms with Crippen LogP contribution in [0.4, 0.5) is 10.7 Å². The highest BCUT2D eigenvalue weighted by molar-refractivity contribution is 5.86. The molecule has 8 heteroatoms. The third-order valence-corrected chi connectivity index (χ3v) is 2.59. The summed E-state index contributed by atoms with van der Waals surface area (Å²) >= 11 is 0.